The lowest BCUT2D eigenvalue weighted by molar-refractivity contribution is 0.222. The minimum atomic E-state index is -0.205. The van der Waals surface area contributed by atoms with Crippen LogP contribution in [0.5, 0.6) is 0 Å². The largest absolute Gasteiger partial charge is 0.493 e. The van der Waals surface area contributed by atoms with Crippen LogP contribution in [0.25, 0.3) is 5.57 Å². The number of hydrogen-bond acceptors (Lipinski definition) is 2. The van der Waals surface area contributed by atoms with Crippen LogP contribution in [0.3, 0.4) is 0 Å². The third kappa shape index (κ3) is 2.45. The van der Waals surface area contributed by atoms with Crippen molar-refractivity contribution >= 4 is 30.8 Å². The van der Waals surface area contributed by atoms with Gasteiger partial charge >= 0.3 is 7.98 Å². The third-order valence-corrected chi connectivity index (χ3v) is 6.25. The van der Waals surface area contributed by atoms with Gasteiger partial charge in [-0.05, 0) is 50.2 Å². The Hall–Kier alpha value is -1.69. The predicted octanol–water partition coefficient (Wildman–Crippen LogP) is 3.92. The summed E-state index contributed by atoms with van der Waals surface area (Å²) in [6.07, 6.45) is 4.02. The predicted molar refractivity (Wildman–Crippen MR) is 103 cm³/mol. The first kappa shape index (κ1) is 16.5. The zero-order chi connectivity index (χ0) is 17.9. The average Bonchev–Trinajstić information content (AvgIpc) is 2.81. The van der Waals surface area contributed by atoms with Crippen molar-refractivity contribution in [1.29, 1.82) is 0 Å². The van der Waals surface area contributed by atoms with Crippen LogP contribution in [-0.4, -0.2) is 37.5 Å². The monoisotopic (exact) mass is 366 g/mol. The van der Waals surface area contributed by atoms with Gasteiger partial charge in [0.05, 0.1) is 6.54 Å². The quantitative estimate of drug-likeness (QED) is 0.592. The van der Waals surface area contributed by atoms with Gasteiger partial charge in [0.15, 0.2) is 0 Å². The molecule has 1 saturated heterocycles. The fourth-order valence-electron chi connectivity index (χ4n) is 4.89. The van der Waals surface area contributed by atoms with Crippen molar-refractivity contribution in [3.05, 3.63) is 64.3 Å². The molecule has 0 saturated carbocycles. The summed E-state index contributed by atoms with van der Waals surface area (Å²) < 4.78 is 14.3. The van der Waals surface area contributed by atoms with Crippen molar-refractivity contribution in [2.24, 2.45) is 5.92 Å². The number of allylic oxidation sites excluding steroid dienone is 1. The van der Waals surface area contributed by atoms with Gasteiger partial charge in [-0.2, -0.15) is 0 Å². The summed E-state index contributed by atoms with van der Waals surface area (Å²) in [5.74, 6) is 0.244. The standard InChI is InChI=1S/C20H19BClFN3/c21-26(12-13-1-4-19(22)24-10-13)18-3-2-15(23)9-16(18)17-11-25-7-5-14(6-8-25)20(17)26/h1-4,9-10,14H,5-8,11-12H2/q+1. The van der Waals surface area contributed by atoms with Gasteiger partial charge in [-0.15, -0.1) is 0 Å². The van der Waals surface area contributed by atoms with Crippen LogP contribution in [0.1, 0.15) is 24.0 Å². The van der Waals surface area contributed by atoms with Crippen LogP contribution in [0.4, 0.5) is 10.1 Å². The lowest BCUT2D eigenvalue weighted by Gasteiger charge is -2.38. The van der Waals surface area contributed by atoms with Crippen molar-refractivity contribution in [1.82, 2.24) is 14.3 Å². The summed E-state index contributed by atoms with van der Waals surface area (Å²) >= 11 is 5.94. The molecule has 2 bridgehead atoms. The van der Waals surface area contributed by atoms with Crippen LogP contribution >= 0.6 is 11.6 Å². The van der Waals surface area contributed by atoms with Crippen LogP contribution in [0.2, 0.25) is 5.15 Å². The number of nitrogens with zero attached hydrogens (tertiary/aromatic N) is 3. The number of hydrogen-bond donors (Lipinski definition) is 0. The summed E-state index contributed by atoms with van der Waals surface area (Å²) in [5.41, 5.74) is 5.48. The topological polar surface area (TPSA) is 16.1 Å². The summed E-state index contributed by atoms with van der Waals surface area (Å²) in [4.78, 5) is 6.67. The maximum Gasteiger partial charge on any atom is 0.493 e. The second-order valence-corrected chi connectivity index (χ2v) is 7.98. The second kappa shape index (κ2) is 5.91. The van der Waals surface area contributed by atoms with Crippen molar-refractivity contribution < 1.29 is 4.39 Å². The number of fused-ring (bicyclic) bond motifs is 3. The Morgan fingerprint density at radius 3 is 2.77 bits per heavy atom. The van der Waals surface area contributed by atoms with Gasteiger partial charge in [-0.1, -0.05) is 11.6 Å². The van der Waals surface area contributed by atoms with Crippen LogP contribution in [0, 0.1) is 11.7 Å². The molecule has 2 radical (unpaired) electrons. The van der Waals surface area contributed by atoms with Gasteiger partial charge < -0.3 is 4.39 Å². The summed E-state index contributed by atoms with van der Waals surface area (Å²) in [6, 6.07) is 8.80. The molecule has 1 aromatic carbocycles. The van der Waals surface area contributed by atoms with E-state index in [-0.39, 0.29) is 10.2 Å². The van der Waals surface area contributed by atoms with E-state index in [1.165, 1.54) is 17.3 Å². The zero-order valence-electron chi connectivity index (χ0n) is 14.5. The molecule has 5 heterocycles. The molecule has 4 aliphatic heterocycles. The van der Waals surface area contributed by atoms with E-state index in [4.69, 9.17) is 19.6 Å². The summed E-state index contributed by atoms with van der Waals surface area (Å²) in [6.45, 7) is 3.63. The van der Waals surface area contributed by atoms with E-state index in [1.54, 1.807) is 18.3 Å². The Labute approximate surface area is 159 Å². The minimum absolute atomic E-state index is 0.205. The molecule has 6 rings (SSSR count). The van der Waals surface area contributed by atoms with Crippen LogP contribution in [0.15, 0.2) is 42.2 Å². The highest BCUT2D eigenvalue weighted by Crippen LogP contribution is 2.51. The van der Waals surface area contributed by atoms with Crippen molar-refractivity contribution in [2.45, 2.75) is 19.4 Å². The van der Waals surface area contributed by atoms with E-state index in [2.05, 4.69) is 9.88 Å². The van der Waals surface area contributed by atoms with Crippen molar-refractivity contribution in [2.75, 3.05) is 19.6 Å². The molecule has 0 aliphatic carbocycles. The number of rotatable bonds is 2. The van der Waals surface area contributed by atoms with Crippen molar-refractivity contribution in [3.63, 3.8) is 0 Å². The first-order valence-electron chi connectivity index (χ1n) is 9.08. The Morgan fingerprint density at radius 1 is 1.23 bits per heavy atom. The van der Waals surface area contributed by atoms with E-state index in [9.17, 15) is 4.39 Å². The van der Waals surface area contributed by atoms with E-state index in [0.29, 0.717) is 17.6 Å². The molecule has 3 nitrogen and oxygen atoms in total. The maximum atomic E-state index is 14.0. The van der Waals surface area contributed by atoms with E-state index >= 15 is 0 Å². The molecule has 1 unspecified atom stereocenters. The van der Waals surface area contributed by atoms with E-state index < -0.39 is 0 Å². The lowest BCUT2D eigenvalue weighted by Crippen LogP contribution is -2.46. The van der Waals surface area contributed by atoms with Gasteiger partial charge in [0.1, 0.15) is 22.4 Å². The first-order chi connectivity index (χ1) is 12.5. The molecule has 1 fully saturated rings. The van der Waals surface area contributed by atoms with Gasteiger partial charge in [-0.25, -0.2) is 9.37 Å². The molecule has 4 aliphatic rings. The van der Waals surface area contributed by atoms with E-state index in [0.717, 1.165) is 49.3 Å². The van der Waals surface area contributed by atoms with Gasteiger partial charge in [-0.3, -0.25) is 4.90 Å². The fourth-order valence-corrected chi connectivity index (χ4v) is 5.00. The smallest absolute Gasteiger partial charge is 0.329 e. The number of quaternary nitrogens is 1. The van der Waals surface area contributed by atoms with Gasteiger partial charge in [0.25, 0.3) is 0 Å². The number of halogens is 2. The molecular formula is C20H19BClFN3+. The molecule has 6 heteroatoms. The van der Waals surface area contributed by atoms with Crippen molar-refractivity contribution in [3.8, 4) is 0 Å². The van der Waals surface area contributed by atoms with Gasteiger partial charge in [0.2, 0.25) is 0 Å². The Bertz CT molecular complexity index is 906. The number of benzene rings is 1. The van der Waals surface area contributed by atoms with Gasteiger partial charge in [0, 0.05) is 41.4 Å². The molecule has 26 heavy (non-hydrogen) atoms. The fraction of sp³-hybridized carbons (Fsp3) is 0.350. The highest BCUT2D eigenvalue weighted by atomic mass is 35.5. The highest BCUT2D eigenvalue weighted by molar-refractivity contribution is 6.29. The maximum absolute atomic E-state index is 14.0. The molecule has 2 aromatic rings. The average molecular weight is 367 g/mol. The van der Waals surface area contributed by atoms with E-state index in [1.807, 2.05) is 12.1 Å². The molecular weight excluding hydrogens is 348 g/mol. The SMILES string of the molecule is [B][N+]1(Cc2ccc(Cl)nc2)C2=C(CN3CCC2CC3)c2cc(F)ccc21. The molecule has 0 spiro atoms. The minimum Gasteiger partial charge on any atom is -0.329 e. The molecule has 1 aromatic heterocycles. The highest BCUT2D eigenvalue weighted by Gasteiger charge is 2.48. The Kier molecular flexibility index (Phi) is 3.75. The number of piperidine rings is 1. The molecule has 1 atom stereocenters. The number of aromatic nitrogens is 1. The molecule has 0 amide bonds. The summed E-state index contributed by atoms with van der Waals surface area (Å²) in [7, 11) is 7.08. The van der Waals surface area contributed by atoms with Crippen LogP contribution < -0.4 is 4.39 Å². The molecule has 130 valence electrons. The zero-order valence-corrected chi connectivity index (χ0v) is 15.2. The Balaban J connectivity index is 1.67. The number of pyridine rings is 1. The first-order valence-corrected chi connectivity index (χ1v) is 9.46. The molecule has 0 N–H and O–H groups in total. The normalized spacial score (nSPS) is 29.5. The third-order valence-electron chi connectivity index (χ3n) is 6.03. The second-order valence-electron chi connectivity index (χ2n) is 7.59. The Morgan fingerprint density at radius 2 is 2.04 bits per heavy atom. The lowest BCUT2D eigenvalue weighted by atomic mass is 9.90. The van der Waals surface area contributed by atoms with Crippen LogP contribution in [-0.2, 0) is 6.54 Å². The summed E-state index contributed by atoms with van der Waals surface area (Å²) in [5, 5.41) is 0.474.